The van der Waals surface area contributed by atoms with Gasteiger partial charge in [0.05, 0.1) is 29.1 Å². The summed E-state index contributed by atoms with van der Waals surface area (Å²) < 4.78 is 8.71. The third kappa shape index (κ3) is 3.43. The van der Waals surface area contributed by atoms with Crippen LogP contribution < -0.4 is 9.70 Å². The van der Waals surface area contributed by atoms with Crippen LogP contribution in [0.1, 0.15) is 12.5 Å². The molecule has 0 spiro atoms. The predicted molar refractivity (Wildman–Crippen MR) is 108 cm³/mol. The van der Waals surface area contributed by atoms with Gasteiger partial charge in [-0.2, -0.15) is 5.10 Å². The Bertz CT molecular complexity index is 995. The molecule has 0 saturated carbocycles. The van der Waals surface area contributed by atoms with Crippen molar-refractivity contribution < 1.29 is 4.74 Å². The maximum atomic E-state index is 5.41. The molecule has 6 heteroatoms. The van der Waals surface area contributed by atoms with Crippen LogP contribution in [0.3, 0.4) is 0 Å². The van der Waals surface area contributed by atoms with Crippen molar-refractivity contribution in [2.45, 2.75) is 6.92 Å². The Morgan fingerprint density at radius 3 is 2.50 bits per heavy atom. The van der Waals surface area contributed by atoms with Gasteiger partial charge in [-0.15, -0.1) is 5.10 Å². The Morgan fingerprint density at radius 1 is 1.04 bits per heavy atom. The first-order valence-corrected chi connectivity index (χ1v) is 9.60. The molecule has 0 atom stereocenters. The van der Waals surface area contributed by atoms with Gasteiger partial charge in [0.15, 0.2) is 0 Å². The smallest absolute Gasteiger partial charge is 0.211 e. The fourth-order valence-corrected chi connectivity index (χ4v) is 4.06. The van der Waals surface area contributed by atoms with E-state index in [1.807, 2.05) is 26.1 Å². The van der Waals surface area contributed by atoms with Gasteiger partial charge in [0.25, 0.3) is 0 Å². The van der Waals surface area contributed by atoms with E-state index in [2.05, 4.69) is 56.1 Å². The number of hydrogen-bond donors (Lipinski definition) is 0. The van der Waals surface area contributed by atoms with Crippen molar-refractivity contribution in [1.29, 1.82) is 0 Å². The van der Waals surface area contributed by atoms with Gasteiger partial charge in [0, 0.05) is 25.8 Å². The Kier molecular flexibility index (Phi) is 4.86. The largest absolute Gasteiger partial charge is 0.378 e. The minimum atomic E-state index is 0.799. The van der Waals surface area contributed by atoms with Crippen molar-refractivity contribution in [2.75, 3.05) is 31.2 Å². The second-order valence-corrected chi connectivity index (χ2v) is 7.35. The summed E-state index contributed by atoms with van der Waals surface area (Å²) in [5, 5.41) is 8.93. The van der Waals surface area contributed by atoms with Gasteiger partial charge in [-0.1, -0.05) is 35.6 Å². The normalized spacial score (nSPS) is 16.5. The molecule has 1 aromatic heterocycles. The first-order valence-electron chi connectivity index (χ1n) is 8.78. The van der Waals surface area contributed by atoms with Crippen LogP contribution in [-0.4, -0.2) is 36.6 Å². The van der Waals surface area contributed by atoms with Crippen LogP contribution in [0.4, 0.5) is 5.69 Å². The first kappa shape index (κ1) is 17.0. The zero-order valence-electron chi connectivity index (χ0n) is 15.1. The van der Waals surface area contributed by atoms with Crippen molar-refractivity contribution in [2.24, 2.45) is 17.3 Å². The standard InChI is InChI=1S/C20H22N4OS/c1-15(16-7-9-17(10-8-16)24-11-13-25-14-12-24)21-22-20-23(2)18-5-3-4-6-19(18)26-20/h3-10H,11-14H2,1-2H3/b21-15+,22-20+. The van der Waals surface area contributed by atoms with Gasteiger partial charge >= 0.3 is 0 Å². The second kappa shape index (κ2) is 7.43. The first-order chi connectivity index (χ1) is 12.7. The summed E-state index contributed by atoms with van der Waals surface area (Å²) in [4.78, 5) is 3.25. The van der Waals surface area contributed by atoms with E-state index in [1.54, 1.807) is 11.3 Å². The monoisotopic (exact) mass is 366 g/mol. The third-order valence-electron chi connectivity index (χ3n) is 4.66. The number of para-hydroxylation sites is 1. The number of morpholine rings is 1. The average Bonchev–Trinajstić information content (AvgIpc) is 3.03. The number of fused-ring (bicyclic) bond motifs is 1. The van der Waals surface area contributed by atoms with Crippen LogP contribution in [0.5, 0.6) is 0 Å². The van der Waals surface area contributed by atoms with Crippen molar-refractivity contribution in [3.63, 3.8) is 0 Å². The Hall–Kier alpha value is -2.44. The number of aryl methyl sites for hydroxylation is 1. The van der Waals surface area contributed by atoms with Crippen LogP contribution in [0, 0.1) is 0 Å². The molecule has 5 nitrogen and oxygen atoms in total. The lowest BCUT2D eigenvalue weighted by Crippen LogP contribution is -2.36. The Morgan fingerprint density at radius 2 is 1.77 bits per heavy atom. The number of thiazole rings is 1. The van der Waals surface area contributed by atoms with Crippen molar-refractivity contribution in [3.8, 4) is 0 Å². The number of aromatic nitrogens is 1. The van der Waals surface area contributed by atoms with E-state index in [9.17, 15) is 0 Å². The van der Waals surface area contributed by atoms with Crippen LogP contribution in [0.2, 0.25) is 0 Å². The summed E-state index contributed by atoms with van der Waals surface area (Å²) in [7, 11) is 2.03. The highest BCUT2D eigenvalue weighted by Gasteiger charge is 2.11. The summed E-state index contributed by atoms with van der Waals surface area (Å²) in [6.07, 6.45) is 0. The molecule has 0 N–H and O–H groups in total. The van der Waals surface area contributed by atoms with E-state index >= 15 is 0 Å². The fraction of sp³-hybridized carbons (Fsp3) is 0.300. The molecule has 26 heavy (non-hydrogen) atoms. The number of nitrogens with zero attached hydrogens (tertiary/aromatic N) is 4. The molecule has 0 bridgehead atoms. The molecule has 1 aliphatic rings. The average molecular weight is 366 g/mol. The molecule has 1 fully saturated rings. The van der Waals surface area contributed by atoms with E-state index in [1.165, 1.54) is 15.9 Å². The molecule has 4 rings (SSSR count). The van der Waals surface area contributed by atoms with E-state index in [4.69, 9.17) is 4.74 Å². The number of rotatable bonds is 3. The Labute approximate surface area is 156 Å². The van der Waals surface area contributed by atoms with Crippen molar-refractivity contribution in [1.82, 2.24) is 4.57 Å². The van der Waals surface area contributed by atoms with E-state index in [0.29, 0.717) is 0 Å². The third-order valence-corrected chi connectivity index (χ3v) is 5.76. The molecule has 0 amide bonds. The predicted octanol–water partition coefficient (Wildman–Crippen LogP) is 3.40. The second-order valence-electron chi connectivity index (χ2n) is 6.34. The van der Waals surface area contributed by atoms with Gasteiger partial charge in [0.2, 0.25) is 4.80 Å². The molecule has 3 aromatic rings. The number of benzene rings is 2. The maximum absolute atomic E-state index is 5.41. The molecule has 0 radical (unpaired) electrons. The summed E-state index contributed by atoms with van der Waals surface area (Å²) in [6, 6.07) is 16.8. The maximum Gasteiger partial charge on any atom is 0.211 e. The highest BCUT2D eigenvalue weighted by molar-refractivity contribution is 7.16. The van der Waals surface area contributed by atoms with Gasteiger partial charge in [-0.3, -0.25) is 0 Å². The highest BCUT2D eigenvalue weighted by atomic mass is 32.1. The minimum Gasteiger partial charge on any atom is -0.378 e. The SMILES string of the molecule is C/C(=N\N=c1\sc2ccccc2n1C)c1ccc(N2CCOCC2)cc1. The molecule has 0 aliphatic carbocycles. The van der Waals surface area contributed by atoms with Gasteiger partial charge < -0.3 is 14.2 Å². The van der Waals surface area contributed by atoms with Crippen LogP contribution in [-0.2, 0) is 11.8 Å². The zero-order chi connectivity index (χ0) is 17.9. The van der Waals surface area contributed by atoms with E-state index in [-0.39, 0.29) is 0 Å². The number of ether oxygens (including phenoxy) is 1. The zero-order valence-corrected chi connectivity index (χ0v) is 15.9. The van der Waals surface area contributed by atoms with Gasteiger partial charge in [-0.25, -0.2) is 0 Å². The molecular weight excluding hydrogens is 344 g/mol. The van der Waals surface area contributed by atoms with Gasteiger partial charge in [0.1, 0.15) is 0 Å². The lowest BCUT2D eigenvalue weighted by atomic mass is 10.1. The lowest BCUT2D eigenvalue weighted by Gasteiger charge is -2.28. The number of hydrogen-bond acceptors (Lipinski definition) is 5. The molecule has 0 unspecified atom stereocenters. The summed E-state index contributed by atoms with van der Waals surface area (Å²) in [6.45, 7) is 5.50. The molecule has 1 aliphatic heterocycles. The van der Waals surface area contributed by atoms with E-state index < -0.39 is 0 Å². The molecular formula is C20H22N4OS. The quantitative estimate of drug-likeness (QED) is 0.527. The molecule has 2 aromatic carbocycles. The Balaban J connectivity index is 1.58. The topological polar surface area (TPSA) is 42.1 Å². The molecule has 2 heterocycles. The van der Waals surface area contributed by atoms with Crippen LogP contribution in [0.15, 0.2) is 58.7 Å². The van der Waals surface area contributed by atoms with Crippen molar-refractivity contribution in [3.05, 3.63) is 58.9 Å². The van der Waals surface area contributed by atoms with E-state index in [0.717, 1.165) is 42.4 Å². The lowest BCUT2D eigenvalue weighted by molar-refractivity contribution is 0.122. The minimum absolute atomic E-state index is 0.799. The number of anilines is 1. The van der Waals surface area contributed by atoms with Crippen molar-refractivity contribution >= 4 is 33.0 Å². The van der Waals surface area contributed by atoms with Crippen LogP contribution >= 0.6 is 11.3 Å². The molecule has 134 valence electrons. The summed E-state index contributed by atoms with van der Waals surface area (Å²) in [5.41, 5.74) is 4.42. The summed E-state index contributed by atoms with van der Waals surface area (Å²) in [5.74, 6) is 0. The van der Waals surface area contributed by atoms with Gasteiger partial charge in [-0.05, 0) is 36.8 Å². The molecule has 1 saturated heterocycles. The fourth-order valence-electron chi connectivity index (χ4n) is 3.09. The van der Waals surface area contributed by atoms with Crippen LogP contribution in [0.25, 0.3) is 10.2 Å². The highest BCUT2D eigenvalue weighted by Crippen LogP contribution is 2.18. The summed E-state index contributed by atoms with van der Waals surface area (Å²) >= 11 is 1.65.